The Bertz CT molecular complexity index is 868. The highest BCUT2D eigenvalue weighted by molar-refractivity contribution is 6.74. The molecule has 4 rings (SSSR count). The molecule has 0 heterocycles. The highest BCUT2D eigenvalue weighted by Crippen LogP contribution is 2.67. The quantitative estimate of drug-likeness (QED) is 0.209. The Morgan fingerprint density at radius 3 is 2.43 bits per heavy atom. The van der Waals surface area contributed by atoms with Crippen LogP contribution in [0, 0.1) is 40.4 Å². The van der Waals surface area contributed by atoms with Crippen molar-refractivity contribution in [3.05, 3.63) is 35.5 Å². The van der Waals surface area contributed by atoms with Gasteiger partial charge in [0.15, 0.2) is 8.32 Å². The van der Waals surface area contributed by atoms with Crippen LogP contribution in [0.15, 0.2) is 35.5 Å². The lowest BCUT2D eigenvalue weighted by molar-refractivity contribution is -0.0532. The maximum absolute atomic E-state index is 6.93. The Morgan fingerprint density at radius 2 is 1.77 bits per heavy atom. The fourth-order valence-electron chi connectivity index (χ4n) is 8.78. The largest absolute Gasteiger partial charge is 0.414 e. The van der Waals surface area contributed by atoms with Crippen molar-refractivity contribution in [2.24, 2.45) is 40.4 Å². The van der Waals surface area contributed by atoms with Crippen LogP contribution in [0.25, 0.3) is 0 Å². The van der Waals surface area contributed by atoms with Crippen molar-refractivity contribution in [3.63, 3.8) is 0 Å². The Balaban J connectivity index is 1.49. The first-order valence-electron chi connectivity index (χ1n) is 14.9. The summed E-state index contributed by atoms with van der Waals surface area (Å²) in [5.41, 5.74) is 4.11. The minimum atomic E-state index is -1.71. The smallest absolute Gasteiger partial charge is 0.192 e. The molecule has 0 saturated heterocycles. The van der Waals surface area contributed by atoms with Crippen LogP contribution in [-0.4, -0.2) is 14.4 Å². The molecule has 3 saturated carbocycles. The fraction of sp³-hybridized carbons (Fsp3) is 0.818. The van der Waals surface area contributed by atoms with Crippen molar-refractivity contribution in [1.29, 1.82) is 0 Å². The van der Waals surface area contributed by atoms with Gasteiger partial charge in [-0.25, -0.2) is 0 Å². The van der Waals surface area contributed by atoms with Gasteiger partial charge in [-0.1, -0.05) is 77.0 Å². The zero-order valence-corrected chi connectivity index (χ0v) is 25.8. The van der Waals surface area contributed by atoms with Gasteiger partial charge in [-0.05, 0) is 124 Å². The number of fused-ring (bicyclic) bond motifs is 5. The number of allylic oxidation sites excluding steroid dienone is 5. The first-order chi connectivity index (χ1) is 16.2. The predicted molar refractivity (Wildman–Crippen MR) is 155 cm³/mol. The lowest BCUT2D eigenvalue weighted by Crippen LogP contribution is -2.52. The molecule has 1 nitrogen and oxygen atoms in total. The van der Waals surface area contributed by atoms with Gasteiger partial charge in [-0.15, -0.1) is 0 Å². The molecule has 0 N–H and O–H groups in total. The zero-order valence-electron chi connectivity index (χ0n) is 24.8. The van der Waals surface area contributed by atoms with Crippen molar-refractivity contribution in [2.75, 3.05) is 0 Å². The summed E-state index contributed by atoms with van der Waals surface area (Å²) in [6.45, 7) is 24.2. The van der Waals surface area contributed by atoms with Crippen molar-refractivity contribution in [2.45, 2.75) is 131 Å². The summed E-state index contributed by atoms with van der Waals surface area (Å²) in [4.78, 5) is 0. The lowest BCUT2D eigenvalue weighted by Gasteiger charge is -2.59. The molecular formula is C33H56OSi. The molecule has 4 aliphatic carbocycles. The summed E-state index contributed by atoms with van der Waals surface area (Å²) in [7, 11) is -1.71. The van der Waals surface area contributed by atoms with Crippen molar-refractivity contribution in [3.8, 4) is 0 Å². The lowest BCUT2D eigenvalue weighted by atomic mass is 9.47. The molecule has 0 unspecified atom stereocenters. The second kappa shape index (κ2) is 9.61. The van der Waals surface area contributed by atoms with E-state index in [0.717, 1.165) is 23.7 Å². The molecule has 0 spiro atoms. The summed E-state index contributed by atoms with van der Waals surface area (Å²) in [5.74, 6) is 4.25. The van der Waals surface area contributed by atoms with Crippen LogP contribution in [-0.2, 0) is 4.43 Å². The van der Waals surface area contributed by atoms with Gasteiger partial charge < -0.3 is 4.43 Å². The van der Waals surface area contributed by atoms with E-state index in [1.165, 1.54) is 56.9 Å². The van der Waals surface area contributed by atoms with Crippen LogP contribution in [0.3, 0.4) is 0 Å². The monoisotopic (exact) mass is 496 g/mol. The van der Waals surface area contributed by atoms with E-state index in [-0.39, 0.29) is 0 Å². The standard InChI is InChI=1S/C33H56OSi/c1-23(2)12-11-13-24(3)28-16-17-29-27-15-14-25-22-26(34-35(9,10)31(4,5)6)18-20-32(25,7)30(27)19-21-33(28,29)8/h11-14,24,26-30H,15-22H2,1-10H3/b13-11+/t24-,26+,27+,28-,29+,30+,32+,33-/m1/s1. The van der Waals surface area contributed by atoms with E-state index in [9.17, 15) is 0 Å². The Labute approximate surface area is 219 Å². The van der Waals surface area contributed by atoms with E-state index < -0.39 is 8.32 Å². The molecule has 0 bridgehead atoms. The third-order valence-corrected chi connectivity index (χ3v) is 16.4. The maximum Gasteiger partial charge on any atom is 0.192 e. The topological polar surface area (TPSA) is 9.23 Å². The van der Waals surface area contributed by atoms with Gasteiger partial charge in [0, 0.05) is 6.10 Å². The van der Waals surface area contributed by atoms with E-state index in [4.69, 9.17) is 4.43 Å². The summed E-state index contributed by atoms with van der Waals surface area (Å²) in [6, 6.07) is 0. The molecule has 0 aromatic heterocycles. The van der Waals surface area contributed by atoms with Gasteiger partial charge in [-0.2, -0.15) is 0 Å². The van der Waals surface area contributed by atoms with Crippen LogP contribution in [0.4, 0.5) is 0 Å². The minimum Gasteiger partial charge on any atom is -0.414 e. The molecule has 198 valence electrons. The van der Waals surface area contributed by atoms with Crippen molar-refractivity contribution >= 4 is 8.32 Å². The molecule has 4 aliphatic rings. The van der Waals surface area contributed by atoms with Crippen LogP contribution < -0.4 is 0 Å². The van der Waals surface area contributed by atoms with Crippen molar-refractivity contribution < 1.29 is 4.43 Å². The third kappa shape index (κ3) is 4.97. The Kier molecular flexibility index (Phi) is 7.53. The summed E-state index contributed by atoms with van der Waals surface area (Å²) < 4.78 is 6.93. The Morgan fingerprint density at radius 1 is 1.06 bits per heavy atom. The van der Waals surface area contributed by atoms with E-state index in [1.807, 2.05) is 0 Å². The van der Waals surface area contributed by atoms with Gasteiger partial charge >= 0.3 is 0 Å². The predicted octanol–water partition coefficient (Wildman–Crippen LogP) is 10.1. The number of hydrogen-bond donors (Lipinski definition) is 0. The highest BCUT2D eigenvalue weighted by atomic mass is 28.4. The first kappa shape index (κ1) is 27.4. The molecule has 0 aliphatic heterocycles. The molecule has 0 radical (unpaired) electrons. The molecule has 2 heteroatoms. The summed E-state index contributed by atoms with van der Waals surface area (Å²) in [5, 5.41) is 0.296. The zero-order chi connectivity index (χ0) is 25.8. The van der Waals surface area contributed by atoms with Gasteiger partial charge in [0.1, 0.15) is 0 Å². The molecule has 0 amide bonds. The molecule has 8 atom stereocenters. The summed E-state index contributed by atoms with van der Waals surface area (Å²) >= 11 is 0. The number of rotatable bonds is 5. The van der Waals surface area contributed by atoms with E-state index >= 15 is 0 Å². The van der Waals surface area contributed by atoms with Crippen LogP contribution in [0.1, 0.15) is 107 Å². The SMILES string of the molecule is CC(C)=C/C=C/[C@@H](C)[C@H]1CC[C@H]2[C@@H]3CC=C4C[C@@H](O[Si](C)(C)C(C)(C)C)CC[C@]4(C)[C@H]3CC[C@]12C. The van der Waals surface area contributed by atoms with Crippen LogP contribution in [0.5, 0.6) is 0 Å². The molecule has 0 aromatic rings. The molecule has 35 heavy (non-hydrogen) atoms. The van der Waals surface area contributed by atoms with E-state index in [1.54, 1.807) is 5.57 Å². The molecule has 3 fully saturated rings. The Hall–Kier alpha value is -0.603. The summed E-state index contributed by atoms with van der Waals surface area (Å²) in [6.07, 6.45) is 21.2. The van der Waals surface area contributed by atoms with Crippen LogP contribution in [0.2, 0.25) is 18.1 Å². The normalized spacial score (nSPS) is 40.5. The van der Waals surface area contributed by atoms with E-state index in [0.29, 0.717) is 27.9 Å². The van der Waals surface area contributed by atoms with Gasteiger partial charge in [0.05, 0.1) is 0 Å². The second-order valence-corrected chi connectivity index (χ2v) is 20.0. The fourth-order valence-corrected chi connectivity index (χ4v) is 10.2. The second-order valence-electron chi connectivity index (χ2n) is 15.2. The molecular weight excluding hydrogens is 440 g/mol. The number of hydrogen-bond acceptors (Lipinski definition) is 1. The highest BCUT2D eigenvalue weighted by Gasteiger charge is 2.59. The van der Waals surface area contributed by atoms with Crippen molar-refractivity contribution in [1.82, 2.24) is 0 Å². The van der Waals surface area contributed by atoms with Gasteiger partial charge in [-0.3, -0.25) is 0 Å². The first-order valence-corrected chi connectivity index (χ1v) is 17.8. The average Bonchev–Trinajstić information content (AvgIpc) is 3.10. The third-order valence-electron chi connectivity index (χ3n) is 11.9. The maximum atomic E-state index is 6.93. The van der Waals surface area contributed by atoms with Crippen LogP contribution >= 0.6 is 0 Å². The van der Waals surface area contributed by atoms with Gasteiger partial charge in [0.25, 0.3) is 0 Å². The average molecular weight is 497 g/mol. The minimum absolute atomic E-state index is 0.296. The van der Waals surface area contributed by atoms with E-state index in [2.05, 4.69) is 92.8 Å². The van der Waals surface area contributed by atoms with Gasteiger partial charge in [0.2, 0.25) is 0 Å². The molecule has 0 aromatic carbocycles.